The van der Waals surface area contributed by atoms with Crippen LogP contribution in [0.2, 0.25) is 0 Å². The Bertz CT molecular complexity index is 1220. The number of aromatic nitrogens is 1. The standard InChI is InChI=1S/C20H16FN3O2S/c1-27(25,26)24-19-11-10-13(12-16(19)21)22-20-14-6-2-4-8-17(14)23-18-9-5-3-7-15(18)20/h2-12,24H,1H3,(H,22,23). The van der Waals surface area contributed by atoms with Crippen LogP contribution >= 0.6 is 0 Å². The van der Waals surface area contributed by atoms with Crippen LogP contribution in [0.5, 0.6) is 0 Å². The maximum atomic E-state index is 14.3. The van der Waals surface area contributed by atoms with Crippen LogP contribution in [0.3, 0.4) is 0 Å². The molecule has 4 aromatic rings. The molecule has 1 heterocycles. The van der Waals surface area contributed by atoms with E-state index in [1.165, 1.54) is 12.1 Å². The number of sulfonamides is 1. The molecule has 7 heteroatoms. The predicted octanol–water partition coefficient (Wildman–Crippen LogP) is 4.64. The van der Waals surface area contributed by atoms with Gasteiger partial charge in [0.25, 0.3) is 0 Å². The second-order valence-electron chi connectivity index (χ2n) is 6.21. The van der Waals surface area contributed by atoms with Gasteiger partial charge in [0, 0.05) is 16.5 Å². The van der Waals surface area contributed by atoms with Crippen molar-refractivity contribution in [3.8, 4) is 0 Å². The monoisotopic (exact) mass is 381 g/mol. The number of benzene rings is 3. The zero-order valence-electron chi connectivity index (χ0n) is 14.4. The minimum absolute atomic E-state index is 0.0903. The lowest BCUT2D eigenvalue weighted by atomic mass is 10.1. The molecule has 27 heavy (non-hydrogen) atoms. The Balaban J connectivity index is 1.82. The molecule has 0 aliphatic rings. The van der Waals surface area contributed by atoms with Crippen molar-refractivity contribution in [1.29, 1.82) is 0 Å². The van der Waals surface area contributed by atoms with Gasteiger partial charge in [-0.2, -0.15) is 0 Å². The van der Waals surface area contributed by atoms with Crippen molar-refractivity contribution < 1.29 is 12.8 Å². The fourth-order valence-corrected chi connectivity index (χ4v) is 3.56. The van der Waals surface area contributed by atoms with Gasteiger partial charge in [-0.3, -0.25) is 4.72 Å². The van der Waals surface area contributed by atoms with Gasteiger partial charge in [0.1, 0.15) is 5.82 Å². The van der Waals surface area contributed by atoms with Crippen LogP contribution in [0.1, 0.15) is 0 Å². The molecule has 4 rings (SSSR count). The highest BCUT2D eigenvalue weighted by Gasteiger charge is 2.12. The van der Waals surface area contributed by atoms with Crippen LogP contribution in [0.15, 0.2) is 66.7 Å². The molecule has 0 unspecified atom stereocenters. The van der Waals surface area contributed by atoms with Gasteiger partial charge in [-0.05, 0) is 30.3 Å². The van der Waals surface area contributed by atoms with E-state index in [2.05, 4.69) is 15.0 Å². The smallest absolute Gasteiger partial charge is 0.229 e. The average molecular weight is 381 g/mol. The van der Waals surface area contributed by atoms with Crippen LogP contribution in [0.4, 0.5) is 21.5 Å². The van der Waals surface area contributed by atoms with E-state index in [4.69, 9.17) is 0 Å². The van der Waals surface area contributed by atoms with Crippen molar-refractivity contribution in [2.24, 2.45) is 0 Å². The molecule has 0 amide bonds. The Hall–Kier alpha value is -3.19. The predicted molar refractivity (Wildman–Crippen MR) is 107 cm³/mol. The van der Waals surface area contributed by atoms with Gasteiger partial charge in [0.05, 0.1) is 28.7 Å². The first-order valence-electron chi connectivity index (χ1n) is 8.22. The molecule has 0 atom stereocenters. The molecule has 0 saturated carbocycles. The maximum Gasteiger partial charge on any atom is 0.229 e. The van der Waals surface area contributed by atoms with Gasteiger partial charge in [0.2, 0.25) is 10.0 Å². The van der Waals surface area contributed by atoms with Crippen molar-refractivity contribution in [2.45, 2.75) is 0 Å². The summed E-state index contributed by atoms with van der Waals surface area (Å²) in [6.07, 6.45) is 0.980. The second-order valence-corrected chi connectivity index (χ2v) is 7.96. The van der Waals surface area contributed by atoms with Crippen LogP contribution in [-0.2, 0) is 10.0 Å². The molecule has 136 valence electrons. The van der Waals surface area contributed by atoms with E-state index >= 15 is 0 Å². The number of fused-ring (bicyclic) bond motifs is 2. The quantitative estimate of drug-likeness (QED) is 0.505. The highest BCUT2D eigenvalue weighted by Crippen LogP contribution is 2.33. The lowest BCUT2D eigenvalue weighted by Crippen LogP contribution is -2.11. The Labute approximate surface area is 155 Å². The van der Waals surface area contributed by atoms with Gasteiger partial charge in [-0.15, -0.1) is 0 Å². The van der Waals surface area contributed by atoms with E-state index in [1.54, 1.807) is 6.07 Å². The van der Waals surface area contributed by atoms with Crippen molar-refractivity contribution in [2.75, 3.05) is 16.3 Å². The molecule has 0 aliphatic heterocycles. The summed E-state index contributed by atoms with van der Waals surface area (Å²) >= 11 is 0. The summed E-state index contributed by atoms with van der Waals surface area (Å²) in [4.78, 5) is 4.66. The van der Waals surface area contributed by atoms with E-state index in [0.717, 1.165) is 33.7 Å². The van der Waals surface area contributed by atoms with E-state index in [9.17, 15) is 12.8 Å². The second kappa shape index (κ2) is 6.51. The Kier molecular flexibility index (Phi) is 4.16. The molecule has 0 fully saturated rings. The van der Waals surface area contributed by atoms with E-state index in [0.29, 0.717) is 5.69 Å². The van der Waals surface area contributed by atoms with Crippen molar-refractivity contribution >= 4 is 48.9 Å². The van der Waals surface area contributed by atoms with Crippen molar-refractivity contribution in [3.63, 3.8) is 0 Å². The van der Waals surface area contributed by atoms with Crippen LogP contribution < -0.4 is 10.0 Å². The number of halogens is 1. The van der Waals surface area contributed by atoms with Gasteiger partial charge >= 0.3 is 0 Å². The summed E-state index contributed by atoms with van der Waals surface area (Å²) in [7, 11) is -3.55. The van der Waals surface area contributed by atoms with Gasteiger partial charge in [0.15, 0.2) is 0 Å². The molecule has 0 radical (unpaired) electrons. The first-order valence-corrected chi connectivity index (χ1v) is 10.1. The third-order valence-corrected chi connectivity index (χ3v) is 4.71. The summed E-state index contributed by atoms with van der Waals surface area (Å²) in [5.41, 5.74) is 2.89. The van der Waals surface area contributed by atoms with Gasteiger partial charge in [-0.1, -0.05) is 36.4 Å². The lowest BCUT2D eigenvalue weighted by molar-refractivity contribution is 0.604. The normalized spacial score (nSPS) is 11.6. The summed E-state index contributed by atoms with van der Waals surface area (Å²) in [5.74, 6) is -0.659. The minimum atomic E-state index is -3.55. The van der Waals surface area contributed by atoms with Crippen LogP contribution in [0.25, 0.3) is 21.8 Å². The Morgan fingerprint density at radius 1 is 0.889 bits per heavy atom. The lowest BCUT2D eigenvalue weighted by Gasteiger charge is -2.14. The first-order chi connectivity index (χ1) is 12.9. The van der Waals surface area contributed by atoms with Crippen LogP contribution in [-0.4, -0.2) is 19.7 Å². The fraction of sp³-hybridized carbons (Fsp3) is 0.0500. The van der Waals surface area contributed by atoms with Gasteiger partial charge < -0.3 is 5.32 Å². The topological polar surface area (TPSA) is 71.1 Å². The number of hydrogen-bond donors (Lipinski definition) is 2. The minimum Gasteiger partial charge on any atom is -0.354 e. The zero-order valence-corrected chi connectivity index (χ0v) is 15.2. The third kappa shape index (κ3) is 3.54. The summed E-state index contributed by atoms with van der Waals surface area (Å²) < 4.78 is 39.1. The molecule has 0 aliphatic carbocycles. The molecular formula is C20H16FN3O2S. The fourth-order valence-electron chi connectivity index (χ4n) is 2.99. The molecule has 3 aromatic carbocycles. The van der Waals surface area contributed by atoms with E-state index in [1.807, 2.05) is 48.5 Å². The van der Waals surface area contributed by atoms with E-state index < -0.39 is 15.8 Å². The number of nitrogens with one attached hydrogen (secondary N) is 2. The maximum absolute atomic E-state index is 14.3. The van der Waals surface area contributed by atoms with Crippen LogP contribution in [0, 0.1) is 5.82 Å². The SMILES string of the molecule is CS(=O)(=O)Nc1ccc(Nc2c3ccccc3nc3ccccc23)cc1F. The summed E-state index contributed by atoms with van der Waals surface area (Å²) in [5, 5.41) is 5.09. The largest absolute Gasteiger partial charge is 0.354 e. The average Bonchev–Trinajstić information content (AvgIpc) is 2.63. The third-order valence-electron chi connectivity index (χ3n) is 4.12. The zero-order chi connectivity index (χ0) is 19.0. The highest BCUT2D eigenvalue weighted by molar-refractivity contribution is 7.92. The summed E-state index contributed by atoms with van der Waals surface area (Å²) in [6.45, 7) is 0. The molecule has 1 aromatic heterocycles. The number of anilines is 3. The molecule has 2 N–H and O–H groups in total. The highest BCUT2D eigenvalue weighted by atomic mass is 32.2. The van der Waals surface area contributed by atoms with E-state index in [-0.39, 0.29) is 5.69 Å². The molecular weight excluding hydrogens is 365 g/mol. The number of pyridine rings is 1. The van der Waals surface area contributed by atoms with Crippen molar-refractivity contribution in [3.05, 3.63) is 72.5 Å². The Morgan fingerprint density at radius 2 is 1.48 bits per heavy atom. The number of nitrogens with zero attached hydrogens (tertiary/aromatic N) is 1. The molecule has 0 spiro atoms. The molecule has 0 saturated heterocycles. The summed E-state index contributed by atoms with van der Waals surface area (Å²) in [6, 6.07) is 19.7. The van der Waals surface area contributed by atoms with Crippen molar-refractivity contribution in [1.82, 2.24) is 4.98 Å². The number of hydrogen-bond acceptors (Lipinski definition) is 4. The number of para-hydroxylation sites is 2. The number of rotatable bonds is 4. The first kappa shape index (κ1) is 17.2. The molecule has 5 nitrogen and oxygen atoms in total. The van der Waals surface area contributed by atoms with Gasteiger partial charge in [-0.25, -0.2) is 17.8 Å². The molecule has 0 bridgehead atoms. The Morgan fingerprint density at radius 3 is 2.04 bits per heavy atom.